The molecule has 2 rings (SSSR count). The Hall–Kier alpha value is -2.04. The molecule has 226 valence electrons. The number of unbranched alkanes of at least 4 members (excludes halogenated alkanes) is 3. The van der Waals surface area contributed by atoms with Crippen LogP contribution >= 0.6 is 0 Å². The van der Waals surface area contributed by atoms with Crippen LogP contribution in [0.2, 0.25) is 0 Å². The summed E-state index contributed by atoms with van der Waals surface area (Å²) >= 11 is 0. The Balaban J connectivity index is 1.79. The second-order valence-corrected chi connectivity index (χ2v) is 15.8. The molecule has 0 aliphatic rings. The lowest BCUT2D eigenvalue weighted by atomic mass is 9.78. The van der Waals surface area contributed by atoms with Crippen molar-refractivity contribution in [1.82, 2.24) is 10.6 Å². The minimum Gasteiger partial charge on any atom is -0.507 e. The molecule has 0 atom stereocenters. The van der Waals surface area contributed by atoms with Crippen LogP contribution in [0.3, 0.4) is 0 Å². The van der Waals surface area contributed by atoms with Crippen LogP contribution in [0.25, 0.3) is 0 Å². The summed E-state index contributed by atoms with van der Waals surface area (Å²) in [4.78, 5) is 0. The number of hydrogen-bond donors (Lipinski definition) is 4. The number of phenolic OH excluding ortho intramolecular Hbond substituents is 2. The van der Waals surface area contributed by atoms with E-state index in [1.54, 1.807) is 0 Å². The number of phenols is 2. The van der Waals surface area contributed by atoms with Gasteiger partial charge in [0.05, 0.1) is 0 Å². The maximum atomic E-state index is 10.9. The molecule has 0 radical (unpaired) electrons. The maximum Gasteiger partial charge on any atom is 0.123 e. The Morgan fingerprint density at radius 3 is 0.925 bits per heavy atom. The van der Waals surface area contributed by atoms with Crippen LogP contribution in [0.4, 0.5) is 0 Å². The first-order valence-electron chi connectivity index (χ1n) is 15.4. The van der Waals surface area contributed by atoms with Crippen LogP contribution in [-0.4, -0.2) is 23.3 Å². The summed E-state index contributed by atoms with van der Waals surface area (Å²) in [5.41, 5.74) is 6.22. The van der Waals surface area contributed by atoms with Crippen molar-refractivity contribution in [1.29, 1.82) is 0 Å². The van der Waals surface area contributed by atoms with Crippen molar-refractivity contribution in [2.45, 2.75) is 144 Å². The first-order chi connectivity index (χ1) is 18.2. The number of aromatic hydroxyl groups is 2. The molecule has 0 aliphatic heterocycles. The highest BCUT2D eigenvalue weighted by Crippen LogP contribution is 2.41. The van der Waals surface area contributed by atoms with Crippen LogP contribution in [-0.2, 0) is 34.7 Å². The molecule has 4 nitrogen and oxygen atoms in total. The van der Waals surface area contributed by atoms with Gasteiger partial charge in [0.15, 0.2) is 0 Å². The summed E-state index contributed by atoms with van der Waals surface area (Å²) in [5.74, 6) is 0.902. The third-order valence-corrected chi connectivity index (χ3v) is 7.69. The van der Waals surface area contributed by atoms with Gasteiger partial charge < -0.3 is 20.8 Å². The van der Waals surface area contributed by atoms with Crippen molar-refractivity contribution in [3.05, 3.63) is 57.6 Å². The van der Waals surface area contributed by atoms with Crippen LogP contribution in [0.5, 0.6) is 11.5 Å². The fourth-order valence-corrected chi connectivity index (χ4v) is 5.20. The second kappa shape index (κ2) is 13.3. The SMILES string of the molecule is CC(C)(C)c1cc(CNCCCCCCNCc2cc(C(C)(C)C)c(O)c(C(C)(C)C)c2)cc(C(C)(C)C)c1O. The predicted octanol–water partition coefficient (Wildman–Crippen LogP) is 8.73. The highest BCUT2D eigenvalue weighted by molar-refractivity contribution is 5.51. The molecule has 0 bridgehead atoms. The van der Waals surface area contributed by atoms with Crippen LogP contribution in [0, 0.1) is 0 Å². The molecule has 4 heteroatoms. The molecule has 0 spiro atoms. The van der Waals surface area contributed by atoms with Gasteiger partial charge in [0.1, 0.15) is 11.5 Å². The molecule has 0 heterocycles. The topological polar surface area (TPSA) is 64.5 Å². The largest absolute Gasteiger partial charge is 0.507 e. The van der Waals surface area contributed by atoms with E-state index in [0.717, 1.165) is 61.3 Å². The van der Waals surface area contributed by atoms with E-state index in [-0.39, 0.29) is 21.7 Å². The van der Waals surface area contributed by atoms with Gasteiger partial charge in [-0.1, -0.05) is 120 Å². The normalized spacial score (nSPS) is 13.2. The van der Waals surface area contributed by atoms with Crippen LogP contribution in [0.15, 0.2) is 24.3 Å². The van der Waals surface area contributed by atoms with Crippen molar-refractivity contribution < 1.29 is 10.2 Å². The van der Waals surface area contributed by atoms with Crippen molar-refractivity contribution in [2.24, 2.45) is 0 Å². The molecular formula is C36H60N2O2. The first-order valence-corrected chi connectivity index (χ1v) is 15.4. The first kappa shape index (κ1) is 34.2. The van der Waals surface area contributed by atoms with Gasteiger partial charge >= 0.3 is 0 Å². The van der Waals surface area contributed by atoms with Crippen molar-refractivity contribution in [3.8, 4) is 11.5 Å². The van der Waals surface area contributed by atoms with E-state index in [2.05, 4.69) is 118 Å². The van der Waals surface area contributed by atoms with E-state index in [1.807, 2.05) is 0 Å². The van der Waals surface area contributed by atoms with E-state index in [9.17, 15) is 10.2 Å². The second-order valence-electron chi connectivity index (χ2n) is 15.8. The van der Waals surface area contributed by atoms with E-state index in [4.69, 9.17) is 0 Å². The van der Waals surface area contributed by atoms with E-state index < -0.39 is 0 Å². The van der Waals surface area contributed by atoms with Gasteiger partial charge in [-0.3, -0.25) is 0 Å². The Morgan fingerprint density at radius 1 is 0.450 bits per heavy atom. The average Bonchev–Trinajstić information content (AvgIpc) is 2.78. The fourth-order valence-electron chi connectivity index (χ4n) is 5.20. The van der Waals surface area contributed by atoms with E-state index in [0.29, 0.717) is 11.5 Å². The van der Waals surface area contributed by atoms with Crippen molar-refractivity contribution in [2.75, 3.05) is 13.1 Å². The van der Waals surface area contributed by atoms with Crippen molar-refractivity contribution in [3.63, 3.8) is 0 Å². The van der Waals surface area contributed by atoms with Gasteiger partial charge in [0, 0.05) is 13.1 Å². The molecule has 0 unspecified atom stereocenters. The average molecular weight is 553 g/mol. The van der Waals surface area contributed by atoms with Gasteiger partial charge in [-0.05, 0) is 81.0 Å². The molecule has 2 aromatic rings. The lowest BCUT2D eigenvalue weighted by molar-refractivity contribution is 0.421. The summed E-state index contributed by atoms with van der Waals surface area (Å²) in [6, 6.07) is 8.69. The highest BCUT2D eigenvalue weighted by atomic mass is 16.3. The number of benzene rings is 2. The molecule has 0 amide bonds. The summed E-state index contributed by atoms with van der Waals surface area (Å²) in [7, 11) is 0. The third-order valence-electron chi connectivity index (χ3n) is 7.69. The van der Waals surface area contributed by atoms with Crippen molar-refractivity contribution >= 4 is 0 Å². The van der Waals surface area contributed by atoms with Gasteiger partial charge in [-0.2, -0.15) is 0 Å². The zero-order chi connectivity index (χ0) is 30.5. The van der Waals surface area contributed by atoms with E-state index in [1.165, 1.54) is 24.0 Å². The summed E-state index contributed by atoms with van der Waals surface area (Å²) < 4.78 is 0. The monoisotopic (exact) mass is 552 g/mol. The molecule has 0 fully saturated rings. The molecule has 2 aromatic carbocycles. The lowest BCUT2D eigenvalue weighted by Gasteiger charge is -2.28. The Labute approximate surface area is 246 Å². The summed E-state index contributed by atoms with van der Waals surface area (Å²) in [6.07, 6.45) is 4.76. The van der Waals surface area contributed by atoms with Gasteiger partial charge in [-0.15, -0.1) is 0 Å². The molecule has 0 saturated heterocycles. The summed E-state index contributed by atoms with van der Waals surface area (Å²) in [5, 5.41) is 29.1. The maximum absolute atomic E-state index is 10.9. The molecule has 0 aromatic heterocycles. The Morgan fingerprint density at radius 2 is 0.700 bits per heavy atom. The minimum atomic E-state index is -0.0970. The van der Waals surface area contributed by atoms with Gasteiger partial charge in [0.2, 0.25) is 0 Å². The lowest BCUT2D eigenvalue weighted by Crippen LogP contribution is -2.20. The molecule has 0 saturated carbocycles. The quantitative estimate of drug-likeness (QED) is 0.210. The molecule has 4 N–H and O–H groups in total. The molecular weight excluding hydrogens is 492 g/mol. The fraction of sp³-hybridized carbons (Fsp3) is 0.667. The number of nitrogens with one attached hydrogen (secondary N) is 2. The van der Waals surface area contributed by atoms with Crippen LogP contribution < -0.4 is 10.6 Å². The third kappa shape index (κ3) is 9.80. The number of rotatable bonds is 11. The molecule has 40 heavy (non-hydrogen) atoms. The predicted molar refractivity (Wildman–Crippen MR) is 173 cm³/mol. The zero-order valence-corrected chi connectivity index (χ0v) is 27.9. The Kier molecular flexibility index (Phi) is 11.4. The smallest absolute Gasteiger partial charge is 0.123 e. The Bertz CT molecular complexity index is 946. The number of hydrogen-bond acceptors (Lipinski definition) is 4. The highest BCUT2D eigenvalue weighted by Gasteiger charge is 2.27. The minimum absolute atomic E-state index is 0.0970. The van der Waals surface area contributed by atoms with E-state index >= 15 is 0 Å². The van der Waals surface area contributed by atoms with Crippen LogP contribution in [0.1, 0.15) is 142 Å². The zero-order valence-electron chi connectivity index (χ0n) is 27.9. The van der Waals surface area contributed by atoms with Gasteiger partial charge in [-0.25, -0.2) is 0 Å². The molecule has 0 aliphatic carbocycles. The summed E-state index contributed by atoms with van der Waals surface area (Å²) in [6.45, 7) is 29.6. The van der Waals surface area contributed by atoms with Gasteiger partial charge in [0.25, 0.3) is 0 Å². The standard InChI is InChI=1S/C36H60N2O2/c1-33(2,3)27-19-25(20-28(31(27)39)34(4,5)6)23-37-17-15-13-14-16-18-38-24-26-21-29(35(7,8)9)32(40)30(22-26)36(10,11)12/h19-22,37-40H,13-18,23-24H2,1-12H3.